The molecule has 5 nitrogen and oxygen atoms in total. The third kappa shape index (κ3) is 5.19. The Morgan fingerprint density at radius 1 is 1.24 bits per heavy atom. The zero-order valence-corrected chi connectivity index (χ0v) is 14.2. The number of carbonyl (C=O) groups excluding carboxylic acids is 1. The average Bonchev–Trinajstić information content (AvgIpc) is 2.57. The second-order valence-corrected chi connectivity index (χ2v) is 6.02. The highest BCUT2D eigenvalue weighted by molar-refractivity contribution is 5.84. The molecule has 0 bridgehead atoms. The summed E-state index contributed by atoms with van der Waals surface area (Å²) in [6.07, 6.45) is -1.05. The molecule has 0 unspecified atom stereocenters. The number of carbonyl (C=O) groups is 1. The Morgan fingerprint density at radius 2 is 1.92 bits per heavy atom. The fourth-order valence-corrected chi connectivity index (χ4v) is 2.47. The molecule has 2 aromatic rings. The number of rotatable bonds is 6. The van der Waals surface area contributed by atoms with E-state index in [1.54, 1.807) is 19.1 Å². The number of aliphatic hydroxyl groups excluding tert-OH is 1. The Hall–Kier alpha value is -2.60. The number of phenolic OH excluding ortho intramolecular Hbond substituents is 1. The molecule has 0 aliphatic heterocycles. The van der Waals surface area contributed by atoms with E-state index in [1.165, 1.54) is 12.1 Å². The summed E-state index contributed by atoms with van der Waals surface area (Å²) in [6, 6.07) is 11.1. The van der Waals surface area contributed by atoms with Crippen LogP contribution in [0.25, 0.3) is 0 Å². The lowest BCUT2D eigenvalue weighted by Crippen LogP contribution is -2.22. The number of amides is 1. The van der Waals surface area contributed by atoms with Gasteiger partial charge in [0.1, 0.15) is 6.10 Å². The van der Waals surface area contributed by atoms with Crippen LogP contribution in [0, 0.1) is 18.7 Å². The molecular formula is C19H22FNO4. The molecule has 0 fully saturated rings. The van der Waals surface area contributed by atoms with E-state index >= 15 is 0 Å². The van der Waals surface area contributed by atoms with Gasteiger partial charge in [0.15, 0.2) is 11.6 Å². The lowest BCUT2D eigenvalue weighted by Gasteiger charge is -2.24. The molecule has 6 heteroatoms. The SMILES string of the molecule is Cc1ccc(NC(=O)O[C@@H](c2ccc(O)c(F)c2)[C@@H](C)CCO)cc1. The molecule has 1 amide bonds. The first kappa shape index (κ1) is 18.7. The Bertz CT molecular complexity index is 718. The van der Waals surface area contributed by atoms with E-state index in [0.29, 0.717) is 17.7 Å². The molecule has 0 saturated carbocycles. The highest BCUT2D eigenvalue weighted by Gasteiger charge is 2.24. The molecule has 2 atom stereocenters. The van der Waals surface area contributed by atoms with Crippen LogP contribution >= 0.6 is 0 Å². The van der Waals surface area contributed by atoms with Gasteiger partial charge in [-0.05, 0) is 49.1 Å². The third-order valence-electron chi connectivity index (χ3n) is 3.93. The van der Waals surface area contributed by atoms with Crippen LogP contribution in [0.5, 0.6) is 5.75 Å². The van der Waals surface area contributed by atoms with E-state index in [9.17, 15) is 14.3 Å². The van der Waals surface area contributed by atoms with Crippen LogP contribution < -0.4 is 5.32 Å². The summed E-state index contributed by atoms with van der Waals surface area (Å²) in [4.78, 5) is 12.2. The Labute approximate surface area is 146 Å². The van der Waals surface area contributed by atoms with Crippen molar-refractivity contribution in [3.63, 3.8) is 0 Å². The number of hydrogen-bond donors (Lipinski definition) is 3. The largest absolute Gasteiger partial charge is 0.505 e. The molecule has 0 aliphatic rings. The predicted molar refractivity (Wildman–Crippen MR) is 93.0 cm³/mol. The Kier molecular flexibility index (Phi) is 6.36. The van der Waals surface area contributed by atoms with Crippen LogP contribution in [-0.4, -0.2) is 22.9 Å². The molecule has 3 N–H and O–H groups in total. The zero-order valence-electron chi connectivity index (χ0n) is 14.2. The van der Waals surface area contributed by atoms with E-state index in [-0.39, 0.29) is 12.5 Å². The minimum Gasteiger partial charge on any atom is -0.505 e. The number of phenols is 1. The van der Waals surface area contributed by atoms with Gasteiger partial charge in [0.05, 0.1) is 0 Å². The lowest BCUT2D eigenvalue weighted by atomic mass is 9.94. The number of ether oxygens (including phenoxy) is 1. The molecule has 0 heterocycles. The number of aromatic hydroxyl groups is 1. The second-order valence-electron chi connectivity index (χ2n) is 6.02. The summed E-state index contributed by atoms with van der Waals surface area (Å²) in [5, 5.41) is 21.1. The number of hydrogen-bond acceptors (Lipinski definition) is 4. The van der Waals surface area contributed by atoms with Gasteiger partial charge in [0.25, 0.3) is 0 Å². The minimum atomic E-state index is -0.791. The van der Waals surface area contributed by atoms with Crippen LogP contribution in [0.4, 0.5) is 14.9 Å². The maximum absolute atomic E-state index is 13.7. The van der Waals surface area contributed by atoms with E-state index in [1.807, 2.05) is 19.1 Å². The molecule has 2 aromatic carbocycles. The molecule has 25 heavy (non-hydrogen) atoms. The first-order valence-electron chi connectivity index (χ1n) is 8.04. The number of halogens is 1. The van der Waals surface area contributed by atoms with E-state index in [0.717, 1.165) is 11.6 Å². The van der Waals surface area contributed by atoms with Gasteiger partial charge in [0.2, 0.25) is 0 Å². The van der Waals surface area contributed by atoms with Crippen LogP contribution in [0.1, 0.15) is 30.6 Å². The van der Waals surface area contributed by atoms with E-state index in [2.05, 4.69) is 5.32 Å². The van der Waals surface area contributed by atoms with Gasteiger partial charge in [0, 0.05) is 12.3 Å². The summed E-state index contributed by atoms with van der Waals surface area (Å²) in [5.41, 5.74) is 2.06. The number of anilines is 1. The first-order chi connectivity index (χ1) is 11.9. The van der Waals surface area contributed by atoms with Gasteiger partial charge >= 0.3 is 6.09 Å². The van der Waals surface area contributed by atoms with Crippen molar-refractivity contribution >= 4 is 11.8 Å². The van der Waals surface area contributed by atoms with Gasteiger partial charge in [-0.1, -0.05) is 30.7 Å². The quantitative estimate of drug-likeness (QED) is 0.733. The highest BCUT2D eigenvalue weighted by Crippen LogP contribution is 2.31. The molecule has 2 rings (SSSR count). The molecule has 0 radical (unpaired) electrons. The van der Waals surface area contributed by atoms with Gasteiger partial charge in [-0.25, -0.2) is 9.18 Å². The van der Waals surface area contributed by atoms with E-state index < -0.39 is 23.8 Å². The van der Waals surface area contributed by atoms with Crippen molar-refractivity contribution in [3.8, 4) is 5.75 Å². The maximum atomic E-state index is 13.7. The summed E-state index contributed by atoms with van der Waals surface area (Å²) in [6.45, 7) is 3.65. The van der Waals surface area contributed by atoms with Crippen molar-refractivity contribution in [1.82, 2.24) is 0 Å². The Balaban J connectivity index is 2.15. The van der Waals surface area contributed by atoms with Crippen LogP contribution in [0.3, 0.4) is 0 Å². The van der Waals surface area contributed by atoms with Crippen molar-refractivity contribution in [2.75, 3.05) is 11.9 Å². The molecule has 0 aromatic heterocycles. The van der Waals surface area contributed by atoms with Gasteiger partial charge in [-0.2, -0.15) is 0 Å². The Morgan fingerprint density at radius 3 is 2.52 bits per heavy atom. The summed E-state index contributed by atoms with van der Waals surface area (Å²) in [5.74, 6) is -1.50. The average molecular weight is 347 g/mol. The number of nitrogens with one attached hydrogen (secondary N) is 1. The molecule has 0 spiro atoms. The molecule has 134 valence electrons. The predicted octanol–water partition coefficient (Wildman–Crippen LogP) is 4.15. The summed E-state index contributed by atoms with van der Waals surface area (Å²) in [7, 11) is 0. The molecule has 0 saturated heterocycles. The van der Waals surface area contributed by atoms with Crippen molar-refractivity contribution in [1.29, 1.82) is 0 Å². The minimum absolute atomic E-state index is 0.0822. The topological polar surface area (TPSA) is 78.8 Å². The van der Waals surface area contributed by atoms with Crippen molar-refractivity contribution in [2.45, 2.75) is 26.4 Å². The standard InChI is InChI=1S/C19H22FNO4/c1-12-3-6-15(7-4-12)21-19(24)25-18(13(2)9-10-22)14-5-8-17(23)16(20)11-14/h3-8,11,13,18,22-23H,9-10H2,1-2H3,(H,21,24)/t13-,18+/m0/s1. The van der Waals surface area contributed by atoms with Crippen molar-refractivity contribution < 1.29 is 24.1 Å². The first-order valence-corrected chi connectivity index (χ1v) is 8.04. The summed E-state index contributed by atoms with van der Waals surface area (Å²) < 4.78 is 19.1. The summed E-state index contributed by atoms with van der Waals surface area (Å²) >= 11 is 0. The third-order valence-corrected chi connectivity index (χ3v) is 3.93. The van der Waals surface area contributed by atoms with Crippen LogP contribution in [-0.2, 0) is 4.74 Å². The number of aliphatic hydroxyl groups is 1. The molecular weight excluding hydrogens is 325 g/mol. The van der Waals surface area contributed by atoms with Gasteiger partial charge < -0.3 is 14.9 Å². The van der Waals surface area contributed by atoms with Crippen LogP contribution in [0.15, 0.2) is 42.5 Å². The fraction of sp³-hybridized carbons (Fsp3) is 0.316. The second kappa shape index (κ2) is 8.48. The highest BCUT2D eigenvalue weighted by atomic mass is 19.1. The lowest BCUT2D eigenvalue weighted by molar-refractivity contribution is 0.0665. The van der Waals surface area contributed by atoms with Crippen molar-refractivity contribution in [2.24, 2.45) is 5.92 Å². The fourth-order valence-electron chi connectivity index (χ4n) is 2.47. The smallest absolute Gasteiger partial charge is 0.412 e. The zero-order chi connectivity index (χ0) is 18.4. The molecule has 0 aliphatic carbocycles. The van der Waals surface area contributed by atoms with E-state index in [4.69, 9.17) is 9.84 Å². The monoisotopic (exact) mass is 347 g/mol. The normalized spacial score (nSPS) is 13.1. The van der Waals surface area contributed by atoms with Gasteiger partial charge in [-0.15, -0.1) is 0 Å². The van der Waals surface area contributed by atoms with Gasteiger partial charge in [-0.3, -0.25) is 5.32 Å². The van der Waals surface area contributed by atoms with Crippen molar-refractivity contribution in [3.05, 3.63) is 59.4 Å². The number of benzene rings is 2. The number of aryl methyl sites for hydroxylation is 1. The maximum Gasteiger partial charge on any atom is 0.412 e. The van der Waals surface area contributed by atoms with Crippen LogP contribution in [0.2, 0.25) is 0 Å².